The average Bonchev–Trinajstić information content (AvgIpc) is 3.03. The van der Waals surface area contributed by atoms with Gasteiger partial charge >= 0.3 is 0 Å². The highest BCUT2D eigenvalue weighted by Crippen LogP contribution is 2.29. The number of nitrogens with one attached hydrogen (secondary N) is 1. The number of para-hydroxylation sites is 1. The number of benzene rings is 1. The molecule has 0 spiro atoms. The summed E-state index contributed by atoms with van der Waals surface area (Å²) in [6.45, 7) is 7.27. The number of nitro groups is 1. The highest BCUT2D eigenvalue weighted by Gasteiger charge is 2.28. The van der Waals surface area contributed by atoms with E-state index in [2.05, 4.69) is 19.2 Å². The van der Waals surface area contributed by atoms with Crippen LogP contribution in [0.3, 0.4) is 0 Å². The van der Waals surface area contributed by atoms with Crippen molar-refractivity contribution < 1.29 is 14.5 Å². The molecule has 1 aliphatic heterocycles. The van der Waals surface area contributed by atoms with Crippen molar-refractivity contribution in [2.75, 3.05) is 18.4 Å². The quantitative estimate of drug-likeness (QED) is 0.609. The Hall–Kier alpha value is -2.74. The van der Waals surface area contributed by atoms with E-state index in [1.807, 2.05) is 4.90 Å². The minimum Gasteiger partial charge on any atom is -0.338 e. The first-order chi connectivity index (χ1) is 13.3. The molecule has 0 bridgehead atoms. The van der Waals surface area contributed by atoms with Crippen molar-refractivity contribution in [2.24, 2.45) is 11.8 Å². The molecule has 1 fully saturated rings. The summed E-state index contributed by atoms with van der Waals surface area (Å²) in [5.74, 6) is 0.303. The van der Waals surface area contributed by atoms with Crippen LogP contribution in [0.4, 0.5) is 11.4 Å². The molecular weight excluding hydrogens is 378 g/mol. The second kappa shape index (κ2) is 8.10. The highest BCUT2D eigenvalue weighted by molar-refractivity contribution is 7.14. The van der Waals surface area contributed by atoms with Gasteiger partial charge in [0.25, 0.3) is 17.5 Å². The first-order valence-corrected chi connectivity index (χ1v) is 10.0. The third-order valence-electron chi connectivity index (χ3n) is 4.87. The first-order valence-electron chi connectivity index (χ1n) is 9.20. The molecule has 3 rings (SSSR count). The third-order valence-corrected chi connectivity index (χ3v) is 5.91. The average molecular weight is 401 g/mol. The van der Waals surface area contributed by atoms with Gasteiger partial charge in [-0.2, -0.15) is 0 Å². The van der Waals surface area contributed by atoms with Gasteiger partial charge in [0.1, 0.15) is 0 Å². The summed E-state index contributed by atoms with van der Waals surface area (Å²) in [5, 5.41) is 13.8. The van der Waals surface area contributed by atoms with Gasteiger partial charge in [0, 0.05) is 19.2 Å². The van der Waals surface area contributed by atoms with E-state index in [1.54, 1.807) is 31.2 Å². The number of carbonyl (C=O) groups excluding carboxylic acids is 2. The second-order valence-electron chi connectivity index (χ2n) is 7.47. The molecule has 148 valence electrons. The van der Waals surface area contributed by atoms with Crippen molar-refractivity contribution in [3.8, 4) is 0 Å². The van der Waals surface area contributed by atoms with Crippen molar-refractivity contribution in [3.63, 3.8) is 0 Å². The molecule has 7 nitrogen and oxygen atoms in total. The smallest absolute Gasteiger partial charge is 0.283 e. The molecule has 8 heteroatoms. The maximum Gasteiger partial charge on any atom is 0.283 e. The Balaban J connectivity index is 1.82. The lowest BCUT2D eigenvalue weighted by atomic mass is 9.91. The summed E-state index contributed by atoms with van der Waals surface area (Å²) >= 11 is 1.06. The van der Waals surface area contributed by atoms with Crippen LogP contribution in [0.2, 0.25) is 0 Å². The maximum atomic E-state index is 13.1. The van der Waals surface area contributed by atoms with E-state index in [4.69, 9.17) is 0 Å². The van der Waals surface area contributed by atoms with Crippen LogP contribution < -0.4 is 5.32 Å². The largest absolute Gasteiger partial charge is 0.338 e. The van der Waals surface area contributed by atoms with Gasteiger partial charge in [0.15, 0.2) is 0 Å². The Bertz CT molecular complexity index is 914. The number of likely N-dealkylation sites (tertiary alicyclic amines) is 1. The van der Waals surface area contributed by atoms with Gasteiger partial charge in [-0.15, -0.1) is 11.3 Å². The highest BCUT2D eigenvalue weighted by atomic mass is 32.1. The molecule has 1 aromatic carbocycles. The van der Waals surface area contributed by atoms with Gasteiger partial charge in [-0.05, 0) is 37.3 Å². The van der Waals surface area contributed by atoms with Crippen LogP contribution in [0.1, 0.15) is 45.2 Å². The fourth-order valence-corrected chi connectivity index (χ4v) is 4.61. The normalized spacial score (nSPS) is 19.3. The second-order valence-corrected chi connectivity index (χ2v) is 8.72. The summed E-state index contributed by atoms with van der Waals surface area (Å²) < 4.78 is 0. The van der Waals surface area contributed by atoms with E-state index >= 15 is 0 Å². The number of rotatable bonds is 4. The topological polar surface area (TPSA) is 92.6 Å². The molecule has 1 saturated heterocycles. The lowest BCUT2D eigenvalue weighted by Crippen LogP contribution is -2.42. The van der Waals surface area contributed by atoms with Crippen molar-refractivity contribution >= 4 is 34.5 Å². The number of piperidine rings is 1. The Morgan fingerprint density at radius 1 is 1.21 bits per heavy atom. The van der Waals surface area contributed by atoms with Gasteiger partial charge < -0.3 is 10.2 Å². The van der Waals surface area contributed by atoms with E-state index in [-0.39, 0.29) is 16.5 Å². The molecule has 1 aliphatic rings. The van der Waals surface area contributed by atoms with Gasteiger partial charge in [-0.3, -0.25) is 19.7 Å². The van der Waals surface area contributed by atoms with Crippen molar-refractivity contribution in [1.29, 1.82) is 0 Å². The van der Waals surface area contributed by atoms with Crippen LogP contribution in [0.5, 0.6) is 0 Å². The SMILES string of the molecule is Cc1sc(C(=O)Nc2ccccc2C(=O)N2C[C@H](C)C[C@@H](C)C2)cc1[N+](=O)[O-]. The summed E-state index contributed by atoms with van der Waals surface area (Å²) in [6, 6.07) is 8.16. The van der Waals surface area contributed by atoms with Crippen LogP contribution in [0.25, 0.3) is 0 Å². The lowest BCUT2D eigenvalue weighted by molar-refractivity contribution is -0.385. The van der Waals surface area contributed by atoms with Crippen LogP contribution >= 0.6 is 11.3 Å². The van der Waals surface area contributed by atoms with Gasteiger partial charge in [-0.25, -0.2) is 0 Å². The standard InChI is InChI=1S/C20H23N3O4S/c1-12-8-13(2)11-22(10-12)20(25)15-6-4-5-7-16(15)21-19(24)18-9-17(23(26)27)14(3)28-18/h4-7,9,12-13H,8,10-11H2,1-3H3,(H,21,24)/t12-,13-/m1/s1. The molecule has 2 atom stereocenters. The molecule has 28 heavy (non-hydrogen) atoms. The lowest BCUT2D eigenvalue weighted by Gasteiger charge is -2.35. The number of anilines is 1. The molecule has 0 saturated carbocycles. The number of aryl methyl sites for hydroxylation is 1. The zero-order valence-corrected chi connectivity index (χ0v) is 16.9. The number of hydrogen-bond acceptors (Lipinski definition) is 5. The molecule has 2 heterocycles. The van der Waals surface area contributed by atoms with E-state index in [9.17, 15) is 19.7 Å². The summed E-state index contributed by atoms with van der Waals surface area (Å²) in [6.07, 6.45) is 1.10. The van der Waals surface area contributed by atoms with Gasteiger partial charge in [-0.1, -0.05) is 26.0 Å². The van der Waals surface area contributed by atoms with E-state index in [0.717, 1.165) is 17.8 Å². The van der Waals surface area contributed by atoms with E-state index < -0.39 is 10.8 Å². The fraction of sp³-hybridized carbons (Fsp3) is 0.400. The number of nitrogens with zero attached hydrogens (tertiary/aromatic N) is 2. The Morgan fingerprint density at radius 2 is 1.86 bits per heavy atom. The molecule has 0 aliphatic carbocycles. The van der Waals surface area contributed by atoms with Crippen LogP contribution in [-0.4, -0.2) is 34.7 Å². The summed E-state index contributed by atoms with van der Waals surface area (Å²) in [5.41, 5.74) is 0.771. The molecule has 0 unspecified atom stereocenters. The van der Waals surface area contributed by atoms with Crippen LogP contribution in [-0.2, 0) is 0 Å². The van der Waals surface area contributed by atoms with E-state index in [0.29, 0.717) is 41.1 Å². The molecule has 0 radical (unpaired) electrons. The number of hydrogen-bond donors (Lipinski definition) is 1. The summed E-state index contributed by atoms with van der Waals surface area (Å²) in [7, 11) is 0. The number of carbonyl (C=O) groups is 2. The molecule has 1 N–H and O–H groups in total. The molecular formula is C20H23N3O4S. The predicted octanol–water partition coefficient (Wildman–Crippen LogP) is 4.34. The Morgan fingerprint density at radius 3 is 2.46 bits per heavy atom. The predicted molar refractivity (Wildman–Crippen MR) is 109 cm³/mol. The monoisotopic (exact) mass is 401 g/mol. The Kier molecular flexibility index (Phi) is 5.79. The number of amides is 2. The van der Waals surface area contributed by atoms with E-state index in [1.165, 1.54) is 6.07 Å². The van der Waals surface area contributed by atoms with Gasteiger partial charge in [0.05, 0.1) is 25.9 Å². The van der Waals surface area contributed by atoms with Gasteiger partial charge in [0.2, 0.25) is 0 Å². The molecule has 2 amide bonds. The summed E-state index contributed by atoms with van der Waals surface area (Å²) in [4.78, 5) is 38.7. The fourth-order valence-electron chi connectivity index (χ4n) is 3.73. The molecule has 1 aromatic heterocycles. The first kappa shape index (κ1) is 20.0. The minimum atomic E-state index is -0.501. The minimum absolute atomic E-state index is 0.0733. The van der Waals surface area contributed by atoms with Crippen LogP contribution in [0, 0.1) is 28.9 Å². The third kappa shape index (κ3) is 4.22. The maximum absolute atomic E-state index is 13.1. The zero-order valence-electron chi connectivity index (χ0n) is 16.1. The van der Waals surface area contributed by atoms with Crippen molar-refractivity contribution in [3.05, 3.63) is 55.8 Å². The molecule has 2 aromatic rings. The van der Waals surface area contributed by atoms with Crippen LogP contribution in [0.15, 0.2) is 30.3 Å². The Labute approximate surface area is 167 Å². The van der Waals surface area contributed by atoms with Crippen molar-refractivity contribution in [2.45, 2.75) is 27.2 Å². The number of thiophene rings is 1. The zero-order chi connectivity index (χ0) is 20.4. The van der Waals surface area contributed by atoms with Crippen molar-refractivity contribution in [1.82, 2.24) is 4.90 Å².